The summed E-state index contributed by atoms with van der Waals surface area (Å²) in [6, 6.07) is 0. The fraction of sp³-hybridized carbons (Fsp3) is 0.833. The summed E-state index contributed by atoms with van der Waals surface area (Å²) in [5.74, 6) is -0.0665. The minimum atomic E-state index is -0.768. The van der Waals surface area contributed by atoms with E-state index in [2.05, 4.69) is 23.7 Å². The van der Waals surface area contributed by atoms with Crippen LogP contribution in [0.2, 0.25) is 0 Å². The van der Waals surface area contributed by atoms with Crippen LogP contribution in [0.25, 0.3) is 0 Å². The van der Waals surface area contributed by atoms with Gasteiger partial charge in [0.25, 0.3) is 0 Å². The average Bonchev–Trinajstić information content (AvgIpc) is 2.84. The van der Waals surface area contributed by atoms with Gasteiger partial charge in [0.1, 0.15) is 12.2 Å². The number of hydrogen-bond donors (Lipinski definition) is 4. The number of aliphatic hydroxyl groups is 4. The molecular formula is C24H48N2O12Rf-2. The first-order valence-electron chi connectivity index (χ1n) is 12.1. The predicted octanol–water partition coefficient (Wildman–Crippen LogP) is -1.94. The van der Waals surface area contributed by atoms with Gasteiger partial charge in [0, 0.05) is 54.2 Å². The van der Waals surface area contributed by atoms with Gasteiger partial charge in [-0.2, -0.15) is 0 Å². The van der Waals surface area contributed by atoms with Crippen molar-refractivity contribution < 1.29 is 58.4 Å². The van der Waals surface area contributed by atoms with Crippen molar-refractivity contribution in [1.29, 1.82) is 0 Å². The van der Waals surface area contributed by atoms with E-state index in [1.165, 1.54) is 23.6 Å². The zero-order chi connectivity index (χ0) is 29.3. The maximum Gasteiger partial charge on any atom is 0.219 e. The predicted molar refractivity (Wildman–Crippen MR) is 137 cm³/mol. The van der Waals surface area contributed by atoms with E-state index in [9.17, 15) is 30.0 Å². The summed E-state index contributed by atoms with van der Waals surface area (Å²) >= 11 is 0. The number of carbonyl (C=O) groups excluding carboxylic acids is 2. The van der Waals surface area contributed by atoms with Gasteiger partial charge in [-0.15, -0.1) is 0 Å². The standard InChI is InChI=1S/2C12H24NO6.Rf/c2*1-10(14)13(2)4-5-18-7-12(16)9-19-8-11(15)6-17-3;/h2*11-12,15-16H,3-9H2,1-2H3;/q2*-1;. The van der Waals surface area contributed by atoms with Crippen LogP contribution in [-0.4, -0.2) is 160 Å². The monoisotopic (exact) mass is 823 g/mol. The van der Waals surface area contributed by atoms with Gasteiger partial charge in [0.2, 0.25) is 11.8 Å². The molecule has 0 aliphatic rings. The number of ether oxygens (including phenoxy) is 6. The number of nitrogens with zero attached hydrogens (tertiary/aromatic N) is 2. The first-order chi connectivity index (χ1) is 17.9. The van der Waals surface area contributed by atoms with E-state index in [0.717, 1.165) is 0 Å². The van der Waals surface area contributed by atoms with E-state index in [0.29, 0.717) is 26.3 Å². The summed E-state index contributed by atoms with van der Waals surface area (Å²) in [6.07, 6.45) is -3.05. The largest absolute Gasteiger partial charge is 0.553 e. The van der Waals surface area contributed by atoms with Crippen molar-refractivity contribution in [3.05, 3.63) is 14.2 Å². The Labute approximate surface area is 226 Å². The van der Waals surface area contributed by atoms with Crippen LogP contribution >= 0.6 is 0 Å². The van der Waals surface area contributed by atoms with Crippen LogP contribution < -0.4 is 0 Å². The molecule has 15 heteroatoms. The third-order valence-electron chi connectivity index (χ3n) is 4.70. The minimum Gasteiger partial charge on any atom is -0.553 e. The summed E-state index contributed by atoms with van der Waals surface area (Å²) in [4.78, 5) is 24.8. The summed E-state index contributed by atoms with van der Waals surface area (Å²) in [6.45, 7) is 5.29. The van der Waals surface area contributed by atoms with Gasteiger partial charge in [0.15, 0.2) is 0 Å². The molecule has 0 bridgehead atoms. The number of amides is 2. The van der Waals surface area contributed by atoms with Crippen molar-refractivity contribution in [2.45, 2.75) is 38.3 Å². The maximum absolute atomic E-state index is 10.9. The molecule has 0 fully saturated rings. The summed E-state index contributed by atoms with van der Waals surface area (Å²) in [5.41, 5.74) is 0. The molecule has 14 nitrogen and oxygen atoms in total. The molecule has 0 aliphatic carbocycles. The number of likely N-dealkylation sites (N-methyl/N-ethyl adjacent to an activating group) is 2. The molecule has 39 heavy (non-hydrogen) atoms. The molecule has 4 N–H and O–H groups in total. The molecule has 230 valence electrons. The molecule has 0 rings (SSSR count). The van der Waals surface area contributed by atoms with E-state index in [1.54, 1.807) is 14.1 Å². The fourth-order valence-corrected chi connectivity index (χ4v) is 2.30. The topological polar surface area (TPSA) is 177 Å². The Bertz CT molecular complexity index is 531. The van der Waals surface area contributed by atoms with Crippen LogP contribution in [0, 0.1) is 14.2 Å². The zero-order valence-electron chi connectivity index (χ0n) is 23.9. The third kappa shape index (κ3) is 28.4. The SMILES string of the molecule is [CH2-]OCC(O)COCC(O)COCCN(C)C(C)=O.[CH2-]OCC(O)COCC(O)COCCN(C)C(C)=O.[Rf]. The van der Waals surface area contributed by atoms with Crippen LogP contribution in [-0.2, 0) is 38.0 Å². The second-order valence-electron chi connectivity index (χ2n) is 8.46. The molecule has 0 spiro atoms. The minimum absolute atomic E-state index is 0. The second-order valence-corrected chi connectivity index (χ2v) is 8.46. The van der Waals surface area contributed by atoms with Crippen LogP contribution in [0.1, 0.15) is 13.8 Å². The van der Waals surface area contributed by atoms with Gasteiger partial charge < -0.3 is 58.6 Å². The number of carbonyl (C=O) groups is 2. The maximum atomic E-state index is 10.9. The quantitative estimate of drug-likeness (QED) is 0.0704. The van der Waals surface area contributed by atoms with Crippen molar-refractivity contribution in [2.75, 3.05) is 93.3 Å². The molecule has 4 unspecified atom stereocenters. The van der Waals surface area contributed by atoms with E-state index in [4.69, 9.17) is 18.9 Å². The zero-order valence-corrected chi connectivity index (χ0v) is 30.3. The summed E-state index contributed by atoms with van der Waals surface area (Å²) in [5, 5.41) is 37.5. The Morgan fingerprint density at radius 2 is 0.846 bits per heavy atom. The second kappa shape index (κ2) is 27.1. The molecular weight excluding hydrogens is 775 g/mol. The molecule has 0 radical (unpaired) electrons. The van der Waals surface area contributed by atoms with Gasteiger partial charge in [-0.1, -0.05) is 0 Å². The van der Waals surface area contributed by atoms with Crippen LogP contribution in [0.5, 0.6) is 0 Å². The molecule has 2 amide bonds. The molecule has 0 aromatic carbocycles. The number of aliphatic hydroxyl groups excluding tert-OH is 4. The Morgan fingerprint density at radius 1 is 0.590 bits per heavy atom. The smallest absolute Gasteiger partial charge is 0.219 e. The van der Waals surface area contributed by atoms with E-state index in [1.807, 2.05) is 0 Å². The molecule has 0 aliphatic heterocycles. The van der Waals surface area contributed by atoms with E-state index in [-0.39, 0.29) is 64.7 Å². The van der Waals surface area contributed by atoms with Gasteiger partial charge in [-0.25, -0.2) is 14.2 Å². The Morgan fingerprint density at radius 3 is 1.10 bits per heavy atom. The summed E-state index contributed by atoms with van der Waals surface area (Å²) < 4.78 is 29.5. The Balaban J connectivity index is -0.000000648. The van der Waals surface area contributed by atoms with Crippen molar-refractivity contribution in [1.82, 2.24) is 9.80 Å². The van der Waals surface area contributed by atoms with Crippen LogP contribution in [0.4, 0.5) is 0 Å². The van der Waals surface area contributed by atoms with Crippen LogP contribution in [0.3, 0.4) is 0 Å². The first-order valence-corrected chi connectivity index (χ1v) is 12.1. The van der Waals surface area contributed by atoms with Gasteiger partial charge >= 0.3 is 0 Å². The van der Waals surface area contributed by atoms with Crippen LogP contribution in [0.15, 0.2) is 0 Å². The van der Waals surface area contributed by atoms with Gasteiger partial charge in [-0.3, -0.25) is 9.59 Å². The van der Waals surface area contributed by atoms with Gasteiger partial charge in [-0.05, 0) is 0 Å². The van der Waals surface area contributed by atoms with Crippen molar-refractivity contribution >= 4 is 11.8 Å². The molecule has 0 saturated heterocycles. The molecule has 0 saturated carbocycles. The Kier molecular flexibility index (Phi) is 28.5. The molecule has 0 heterocycles. The van der Waals surface area contributed by atoms with Crippen molar-refractivity contribution in [3.8, 4) is 0 Å². The molecule has 4 atom stereocenters. The average molecular weight is 824 g/mol. The first kappa shape index (κ1) is 41.0. The number of hydrogen-bond acceptors (Lipinski definition) is 12. The normalized spacial score (nSPS) is 13.8. The molecule has 0 aromatic heterocycles. The van der Waals surface area contributed by atoms with Crippen molar-refractivity contribution in [2.24, 2.45) is 0 Å². The van der Waals surface area contributed by atoms with Crippen molar-refractivity contribution in [3.63, 3.8) is 0 Å². The van der Waals surface area contributed by atoms with Gasteiger partial charge in [0.05, 0.1) is 65.1 Å². The molecule has 0 aromatic rings. The van der Waals surface area contributed by atoms with E-state index < -0.39 is 24.4 Å². The van der Waals surface area contributed by atoms with E-state index >= 15 is 0 Å². The number of rotatable bonds is 22. The Hall–Kier alpha value is -2.46. The fourth-order valence-electron chi connectivity index (χ4n) is 2.30. The third-order valence-corrected chi connectivity index (χ3v) is 4.70. The summed E-state index contributed by atoms with van der Waals surface area (Å²) in [7, 11) is 9.62.